The van der Waals surface area contributed by atoms with Gasteiger partial charge in [-0.25, -0.2) is 9.18 Å². The second kappa shape index (κ2) is 7.40. The van der Waals surface area contributed by atoms with Crippen LogP contribution in [-0.4, -0.2) is 29.3 Å². The van der Waals surface area contributed by atoms with Gasteiger partial charge in [-0.3, -0.25) is 14.5 Å². The zero-order chi connectivity index (χ0) is 19.8. The molecule has 0 aromatic heterocycles. The van der Waals surface area contributed by atoms with Crippen LogP contribution in [0.1, 0.15) is 12.5 Å². The van der Waals surface area contributed by atoms with Crippen LogP contribution in [0.25, 0.3) is 0 Å². The van der Waals surface area contributed by atoms with Crippen LogP contribution in [0, 0.1) is 5.82 Å². The van der Waals surface area contributed by atoms with E-state index in [9.17, 15) is 18.8 Å². The predicted molar refractivity (Wildman–Crippen MR) is 104 cm³/mol. The Morgan fingerprint density at radius 2 is 1.85 bits per heavy atom. The predicted octanol–water partition coefficient (Wildman–Crippen LogP) is 3.76. The highest BCUT2D eigenvalue weighted by Gasteiger charge is 2.49. The summed E-state index contributed by atoms with van der Waals surface area (Å²) in [6.45, 7) is 1.07. The molecule has 2 N–H and O–H groups in total. The molecule has 1 fully saturated rings. The minimum Gasteiger partial charge on any atom is -0.323 e. The van der Waals surface area contributed by atoms with E-state index >= 15 is 0 Å². The fourth-order valence-corrected chi connectivity index (χ4v) is 3.45. The molecule has 27 heavy (non-hydrogen) atoms. The van der Waals surface area contributed by atoms with Crippen LogP contribution in [-0.2, 0) is 15.1 Å². The van der Waals surface area contributed by atoms with E-state index in [2.05, 4.69) is 42.5 Å². The van der Waals surface area contributed by atoms with Crippen LogP contribution in [0.4, 0.5) is 14.9 Å². The first-order valence-corrected chi connectivity index (χ1v) is 9.44. The number of imide groups is 1. The summed E-state index contributed by atoms with van der Waals surface area (Å²) in [6.07, 6.45) is 0. The zero-order valence-corrected chi connectivity index (χ0v) is 17.2. The molecule has 2 aromatic rings. The van der Waals surface area contributed by atoms with Crippen LogP contribution in [0.2, 0.25) is 0 Å². The van der Waals surface area contributed by atoms with Crippen molar-refractivity contribution in [2.75, 3.05) is 11.9 Å². The zero-order valence-electron chi connectivity index (χ0n) is 14.1. The number of rotatable bonds is 4. The van der Waals surface area contributed by atoms with E-state index in [1.165, 1.54) is 31.2 Å². The summed E-state index contributed by atoms with van der Waals surface area (Å²) >= 11 is 6.64. The maximum absolute atomic E-state index is 13.1. The SMILES string of the molecule is CC1(c2ccc(F)cc2)NC(=O)N(CC(=O)Nc2cc(Br)ccc2Br)C1=O. The Kier molecular flexibility index (Phi) is 5.34. The van der Waals surface area contributed by atoms with Gasteiger partial charge in [-0.05, 0) is 58.7 Å². The van der Waals surface area contributed by atoms with Gasteiger partial charge in [0.1, 0.15) is 17.9 Å². The lowest BCUT2D eigenvalue weighted by Gasteiger charge is -2.22. The molecule has 0 aliphatic carbocycles. The molecule has 0 bridgehead atoms. The summed E-state index contributed by atoms with van der Waals surface area (Å²) in [4.78, 5) is 38.2. The molecular weight excluding hydrogens is 485 g/mol. The second-order valence-electron chi connectivity index (χ2n) is 6.13. The molecule has 0 spiro atoms. The average Bonchev–Trinajstić information content (AvgIpc) is 2.83. The first-order chi connectivity index (χ1) is 12.7. The van der Waals surface area contributed by atoms with Crippen molar-refractivity contribution < 1.29 is 18.8 Å². The van der Waals surface area contributed by atoms with E-state index in [0.717, 1.165) is 9.37 Å². The van der Waals surface area contributed by atoms with E-state index in [1.54, 1.807) is 18.2 Å². The number of hydrogen-bond donors (Lipinski definition) is 2. The minimum absolute atomic E-state index is 0.430. The van der Waals surface area contributed by atoms with Crippen molar-refractivity contribution in [1.82, 2.24) is 10.2 Å². The summed E-state index contributed by atoms with van der Waals surface area (Å²) < 4.78 is 14.6. The van der Waals surface area contributed by atoms with Gasteiger partial charge in [-0.15, -0.1) is 0 Å². The molecule has 4 amide bonds. The lowest BCUT2D eigenvalue weighted by Crippen LogP contribution is -2.42. The Morgan fingerprint density at radius 3 is 2.52 bits per heavy atom. The van der Waals surface area contributed by atoms with Gasteiger partial charge in [0, 0.05) is 8.95 Å². The minimum atomic E-state index is -1.36. The Balaban J connectivity index is 1.76. The smallest absolute Gasteiger partial charge is 0.323 e. The molecule has 140 valence electrons. The van der Waals surface area contributed by atoms with E-state index in [0.29, 0.717) is 15.7 Å². The lowest BCUT2D eigenvalue weighted by molar-refractivity contribution is -0.133. The molecular formula is C18H14Br2FN3O3. The Labute approximate surface area is 171 Å². The van der Waals surface area contributed by atoms with Crippen molar-refractivity contribution in [3.05, 3.63) is 62.8 Å². The Bertz CT molecular complexity index is 936. The molecule has 0 saturated carbocycles. The number of halogens is 3. The number of carbonyl (C=O) groups is 3. The Morgan fingerprint density at radius 1 is 1.19 bits per heavy atom. The first kappa shape index (κ1) is 19.5. The number of hydrogen-bond acceptors (Lipinski definition) is 3. The summed E-state index contributed by atoms with van der Waals surface area (Å²) in [5.41, 5.74) is -0.427. The van der Waals surface area contributed by atoms with Gasteiger partial charge in [0.25, 0.3) is 5.91 Å². The van der Waals surface area contributed by atoms with Crippen molar-refractivity contribution in [3.63, 3.8) is 0 Å². The normalized spacial score (nSPS) is 19.2. The van der Waals surface area contributed by atoms with Crippen molar-refractivity contribution in [2.45, 2.75) is 12.5 Å². The molecule has 0 radical (unpaired) electrons. The molecule has 1 aliphatic heterocycles. The third-order valence-electron chi connectivity index (χ3n) is 4.20. The maximum atomic E-state index is 13.1. The number of carbonyl (C=O) groups excluding carboxylic acids is 3. The van der Waals surface area contributed by atoms with E-state index in [4.69, 9.17) is 0 Å². The monoisotopic (exact) mass is 497 g/mol. The van der Waals surface area contributed by atoms with Gasteiger partial charge < -0.3 is 10.6 Å². The third-order valence-corrected chi connectivity index (χ3v) is 5.39. The molecule has 1 heterocycles. The molecule has 1 aliphatic rings. The average molecular weight is 499 g/mol. The number of nitrogens with zero attached hydrogens (tertiary/aromatic N) is 1. The molecule has 2 aromatic carbocycles. The van der Waals surface area contributed by atoms with Gasteiger partial charge in [-0.2, -0.15) is 0 Å². The van der Waals surface area contributed by atoms with E-state index in [-0.39, 0.29) is 0 Å². The number of nitrogens with one attached hydrogen (secondary N) is 2. The van der Waals surface area contributed by atoms with Crippen molar-refractivity contribution in [3.8, 4) is 0 Å². The van der Waals surface area contributed by atoms with E-state index < -0.39 is 35.7 Å². The molecule has 1 atom stereocenters. The van der Waals surface area contributed by atoms with E-state index in [1.807, 2.05) is 0 Å². The van der Waals surface area contributed by atoms with Gasteiger partial charge in [-0.1, -0.05) is 28.1 Å². The van der Waals surface area contributed by atoms with Crippen molar-refractivity contribution in [1.29, 1.82) is 0 Å². The fourth-order valence-electron chi connectivity index (χ4n) is 2.75. The van der Waals surface area contributed by atoms with Crippen LogP contribution in [0.5, 0.6) is 0 Å². The van der Waals surface area contributed by atoms with Gasteiger partial charge in [0.05, 0.1) is 5.69 Å². The molecule has 3 rings (SSSR count). The van der Waals surface area contributed by atoms with Crippen LogP contribution >= 0.6 is 31.9 Å². The summed E-state index contributed by atoms with van der Waals surface area (Å²) in [7, 11) is 0. The van der Waals surface area contributed by atoms with Gasteiger partial charge in [0.15, 0.2) is 0 Å². The summed E-state index contributed by atoms with van der Waals surface area (Å²) in [6, 6.07) is 9.82. The highest BCUT2D eigenvalue weighted by atomic mass is 79.9. The lowest BCUT2D eigenvalue weighted by atomic mass is 9.92. The number of anilines is 1. The number of amides is 4. The second-order valence-corrected chi connectivity index (χ2v) is 7.90. The number of urea groups is 1. The standard InChI is InChI=1S/C18H14Br2FN3O3/c1-18(10-2-5-12(21)6-3-10)16(26)24(17(27)23-18)9-15(25)22-14-8-11(19)4-7-13(14)20/h2-8H,9H2,1H3,(H,22,25)(H,23,27). The Hall–Kier alpha value is -2.26. The fraction of sp³-hybridized carbons (Fsp3) is 0.167. The largest absolute Gasteiger partial charge is 0.325 e. The van der Waals surface area contributed by atoms with Crippen LogP contribution in [0.15, 0.2) is 51.4 Å². The molecule has 1 unspecified atom stereocenters. The van der Waals surface area contributed by atoms with Crippen molar-refractivity contribution in [2.24, 2.45) is 0 Å². The molecule has 9 heteroatoms. The summed E-state index contributed by atoms with van der Waals surface area (Å²) in [5, 5.41) is 5.23. The topological polar surface area (TPSA) is 78.5 Å². The molecule has 6 nitrogen and oxygen atoms in total. The van der Waals surface area contributed by atoms with Gasteiger partial charge >= 0.3 is 6.03 Å². The highest BCUT2D eigenvalue weighted by molar-refractivity contribution is 9.11. The summed E-state index contributed by atoms with van der Waals surface area (Å²) in [5.74, 6) is -1.56. The van der Waals surface area contributed by atoms with Crippen molar-refractivity contribution >= 4 is 55.4 Å². The quantitative estimate of drug-likeness (QED) is 0.630. The highest BCUT2D eigenvalue weighted by Crippen LogP contribution is 2.29. The third kappa shape index (κ3) is 3.89. The van der Waals surface area contributed by atoms with Crippen LogP contribution < -0.4 is 10.6 Å². The maximum Gasteiger partial charge on any atom is 0.325 e. The van der Waals surface area contributed by atoms with Gasteiger partial charge in [0.2, 0.25) is 5.91 Å². The molecule has 1 saturated heterocycles. The first-order valence-electron chi connectivity index (χ1n) is 7.86. The van der Waals surface area contributed by atoms with Crippen LogP contribution in [0.3, 0.4) is 0 Å². The number of benzene rings is 2.